The van der Waals surface area contributed by atoms with Gasteiger partial charge in [0.15, 0.2) is 0 Å². The SMILES string of the molecule is CC(Cl)CC(C)NS(=O)(=O)N1CCC(C)CC1. The predicted molar refractivity (Wildman–Crippen MR) is 71.4 cm³/mol. The van der Waals surface area contributed by atoms with Crippen molar-refractivity contribution in [3.05, 3.63) is 0 Å². The van der Waals surface area contributed by atoms with Crippen LogP contribution in [0.4, 0.5) is 0 Å². The Morgan fingerprint density at radius 1 is 1.35 bits per heavy atom. The summed E-state index contributed by atoms with van der Waals surface area (Å²) in [7, 11) is -3.33. The highest BCUT2D eigenvalue weighted by molar-refractivity contribution is 7.87. The van der Waals surface area contributed by atoms with Crippen molar-refractivity contribution in [2.45, 2.75) is 51.5 Å². The highest BCUT2D eigenvalue weighted by Crippen LogP contribution is 2.18. The van der Waals surface area contributed by atoms with Gasteiger partial charge in [-0.2, -0.15) is 17.4 Å². The lowest BCUT2D eigenvalue weighted by molar-refractivity contribution is 0.283. The van der Waals surface area contributed by atoms with E-state index in [-0.39, 0.29) is 11.4 Å². The van der Waals surface area contributed by atoms with Crippen LogP contribution in [0.25, 0.3) is 0 Å². The second-order valence-electron chi connectivity index (χ2n) is 5.12. The topological polar surface area (TPSA) is 49.4 Å². The summed E-state index contributed by atoms with van der Waals surface area (Å²) in [6.07, 6.45) is 2.54. The second-order valence-corrected chi connectivity index (χ2v) is 7.57. The van der Waals surface area contributed by atoms with E-state index in [9.17, 15) is 8.42 Å². The zero-order valence-corrected chi connectivity index (χ0v) is 12.4. The van der Waals surface area contributed by atoms with Gasteiger partial charge in [-0.3, -0.25) is 0 Å². The molecular weight excluding hydrogens is 260 g/mol. The lowest BCUT2D eigenvalue weighted by atomic mass is 10.0. The molecule has 0 spiro atoms. The van der Waals surface area contributed by atoms with Gasteiger partial charge in [0.1, 0.15) is 0 Å². The summed E-state index contributed by atoms with van der Waals surface area (Å²) in [6, 6.07) is -0.119. The molecule has 2 atom stereocenters. The van der Waals surface area contributed by atoms with E-state index in [0.29, 0.717) is 25.4 Å². The van der Waals surface area contributed by atoms with E-state index in [1.165, 1.54) is 0 Å². The second kappa shape index (κ2) is 6.36. The van der Waals surface area contributed by atoms with Crippen LogP contribution in [0.15, 0.2) is 0 Å². The summed E-state index contributed by atoms with van der Waals surface area (Å²) in [5.74, 6) is 0.627. The molecule has 0 saturated carbocycles. The Hall–Kier alpha value is 0.160. The largest absolute Gasteiger partial charge is 0.279 e. The molecule has 1 heterocycles. The first-order chi connectivity index (χ1) is 7.81. The summed E-state index contributed by atoms with van der Waals surface area (Å²) in [5.41, 5.74) is 0. The Labute approximate surface area is 110 Å². The van der Waals surface area contributed by atoms with Crippen LogP contribution in [0.1, 0.15) is 40.0 Å². The molecule has 1 rings (SSSR count). The molecule has 0 amide bonds. The number of nitrogens with zero attached hydrogens (tertiary/aromatic N) is 1. The summed E-state index contributed by atoms with van der Waals surface area (Å²) in [5, 5.41) is -0.0194. The number of piperidine rings is 1. The molecule has 0 aromatic rings. The van der Waals surface area contributed by atoms with Crippen molar-refractivity contribution in [1.82, 2.24) is 9.03 Å². The van der Waals surface area contributed by atoms with E-state index in [4.69, 9.17) is 11.6 Å². The van der Waals surface area contributed by atoms with Crippen molar-refractivity contribution in [3.63, 3.8) is 0 Å². The maximum absolute atomic E-state index is 12.1. The van der Waals surface area contributed by atoms with E-state index < -0.39 is 10.2 Å². The minimum absolute atomic E-state index is 0.0194. The van der Waals surface area contributed by atoms with Crippen LogP contribution >= 0.6 is 11.6 Å². The van der Waals surface area contributed by atoms with Crippen LogP contribution in [0.3, 0.4) is 0 Å². The van der Waals surface area contributed by atoms with Crippen molar-refractivity contribution in [3.8, 4) is 0 Å². The van der Waals surface area contributed by atoms with Crippen LogP contribution in [-0.2, 0) is 10.2 Å². The molecule has 102 valence electrons. The molecule has 0 bridgehead atoms. The third kappa shape index (κ3) is 5.12. The van der Waals surface area contributed by atoms with Gasteiger partial charge in [0.05, 0.1) is 0 Å². The molecule has 1 N–H and O–H groups in total. The van der Waals surface area contributed by atoms with Gasteiger partial charge in [-0.1, -0.05) is 6.92 Å². The molecule has 0 aromatic heterocycles. The molecule has 6 heteroatoms. The van der Waals surface area contributed by atoms with Crippen molar-refractivity contribution in [1.29, 1.82) is 0 Å². The van der Waals surface area contributed by atoms with Gasteiger partial charge in [0, 0.05) is 24.5 Å². The minimum atomic E-state index is -3.33. The van der Waals surface area contributed by atoms with Crippen molar-refractivity contribution in [2.24, 2.45) is 5.92 Å². The smallest absolute Gasteiger partial charge is 0.199 e. The van der Waals surface area contributed by atoms with Gasteiger partial charge in [-0.15, -0.1) is 11.6 Å². The third-order valence-corrected chi connectivity index (χ3v) is 5.03. The lowest BCUT2D eigenvalue weighted by Crippen LogP contribution is -2.47. The maximum Gasteiger partial charge on any atom is 0.279 e. The number of alkyl halides is 1. The fourth-order valence-corrected chi connectivity index (χ4v) is 3.80. The molecule has 2 unspecified atom stereocenters. The number of hydrogen-bond acceptors (Lipinski definition) is 2. The Balaban J connectivity index is 2.50. The first-order valence-electron chi connectivity index (χ1n) is 6.22. The Morgan fingerprint density at radius 2 is 1.88 bits per heavy atom. The Morgan fingerprint density at radius 3 is 2.35 bits per heavy atom. The van der Waals surface area contributed by atoms with Gasteiger partial charge in [-0.25, -0.2) is 0 Å². The lowest BCUT2D eigenvalue weighted by Gasteiger charge is -2.30. The number of rotatable bonds is 5. The maximum atomic E-state index is 12.1. The van der Waals surface area contributed by atoms with E-state index in [1.54, 1.807) is 4.31 Å². The Kier molecular flexibility index (Phi) is 5.70. The summed E-state index contributed by atoms with van der Waals surface area (Å²) in [4.78, 5) is 0. The molecule has 4 nitrogen and oxygen atoms in total. The summed E-state index contributed by atoms with van der Waals surface area (Å²) in [6.45, 7) is 7.13. The molecule has 17 heavy (non-hydrogen) atoms. The first-order valence-corrected chi connectivity index (χ1v) is 8.10. The molecule has 0 aromatic carbocycles. The van der Waals surface area contributed by atoms with E-state index >= 15 is 0 Å². The Bertz CT molecular complexity index is 324. The van der Waals surface area contributed by atoms with Crippen LogP contribution in [0, 0.1) is 5.92 Å². The average Bonchev–Trinajstić information content (AvgIpc) is 2.15. The molecule has 1 fully saturated rings. The summed E-state index contributed by atoms with van der Waals surface area (Å²) >= 11 is 5.86. The normalized spacial score (nSPS) is 23.5. The van der Waals surface area contributed by atoms with Crippen LogP contribution < -0.4 is 4.72 Å². The monoisotopic (exact) mass is 282 g/mol. The van der Waals surface area contributed by atoms with E-state index in [1.807, 2.05) is 13.8 Å². The van der Waals surface area contributed by atoms with Gasteiger partial charge < -0.3 is 0 Å². The van der Waals surface area contributed by atoms with Crippen LogP contribution in [0.5, 0.6) is 0 Å². The van der Waals surface area contributed by atoms with Crippen molar-refractivity contribution < 1.29 is 8.42 Å². The third-order valence-electron chi connectivity index (χ3n) is 3.11. The van der Waals surface area contributed by atoms with Gasteiger partial charge in [0.2, 0.25) is 0 Å². The molecule has 0 aliphatic carbocycles. The fourth-order valence-electron chi connectivity index (χ4n) is 2.09. The number of hydrogen-bond donors (Lipinski definition) is 1. The van der Waals surface area contributed by atoms with Crippen LogP contribution in [-0.4, -0.2) is 37.2 Å². The number of nitrogens with one attached hydrogen (secondary N) is 1. The van der Waals surface area contributed by atoms with E-state index in [0.717, 1.165) is 12.8 Å². The predicted octanol–water partition coefficient (Wildman–Crippen LogP) is 1.96. The van der Waals surface area contributed by atoms with E-state index in [2.05, 4.69) is 11.6 Å². The van der Waals surface area contributed by atoms with Gasteiger partial charge >= 0.3 is 0 Å². The zero-order valence-electron chi connectivity index (χ0n) is 10.8. The first kappa shape index (κ1) is 15.2. The summed E-state index contributed by atoms with van der Waals surface area (Å²) < 4.78 is 28.3. The fraction of sp³-hybridized carbons (Fsp3) is 1.00. The molecule has 0 radical (unpaired) electrons. The molecule has 1 saturated heterocycles. The minimum Gasteiger partial charge on any atom is -0.199 e. The zero-order chi connectivity index (χ0) is 13.1. The van der Waals surface area contributed by atoms with Crippen LogP contribution in [0.2, 0.25) is 0 Å². The highest BCUT2D eigenvalue weighted by atomic mass is 35.5. The molecule has 1 aliphatic rings. The van der Waals surface area contributed by atoms with Crippen molar-refractivity contribution >= 4 is 21.8 Å². The number of halogens is 1. The van der Waals surface area contributed by atoms with Gasteiger partial charge in [-0.05, 0) is 39.0 Å². The average molecular weight is 283 g/mol. The standard InChI is InChI=1S/C11H23ClN2O2S/c1-9-4-6-14(7-5-9)17(15,16)13-11(3)8-10(2)12/h9-11,13H,4-8H2,1-3H3. The molecule has 1 aliphatic heterocycles. The molecular formula is C11H23ClN2O2S. The van der Waals surface area contributed by atoms with Gasteiger partial charge in [0.25, 0.3) is 10.2 Å². The van der Waals surface area contributed by atoms with Crippen molar-refractivity contribution in [2.75, 3.05) is 13.1 Å². The quantitative estimate of drug-likeness (QED) is 0.784. The highest BCUT2D eigenvalue weighted by Gasteiger charge is 2.27.